The van der Waals surface area contributed by atoms with Gasteiger partial charge in [0.2, 0.25) is 17.8 Å². The van der Waals surface area contributed by atoms with E-state index < -0.39 is 0 Å². The number of amides is 1. The van der Waals surface area contributed by atoms with Crippen molar-refractivity contribution in [1.82, 2.24) is 15.0 Å². The molecule has 0 radical (unpaired) electrons. The Morgan fingerprint density at radius 2 is 1.77 bits per heavy atom. The highest BCUT2D eigenvalue weighted by Gasteiger charge is 2.23. The summed E-state index contributed by atoms with van der Waals surface area (Å²) < 4.78 is 0. The average Bonchev–Trinajstić information content (AvgIpc) is 2.47. The van der Waals surface area contributed by atoms with Crippen molar-refractivity contribution in [3.8, 4) is 0 Å². The third-order valence-electron chi connectivity index (χ3n) is 2.93. The van der Waals surface area contributed by atoms with Gasteiger partial charge in [0.1, 0.15) is 0 Å². The molecule has 0 saturated carbocycles. The second kappa shape index (κ2) is 7.08. The zero-order valence-corrected chi connectivity index (χ0v) is 13.2. The molecule has 0 fully saturated rings. The lowest BCUT2D eigenvalue weighted by Gasteiger charge is -2.24. The topological polar surface area (TPSA) is 111 Å². The number of hydrogen-bond donors (Lipinski definition) is 2. The Bertz CT molecular complexity index is 631. The Labute approximate surface area is 133 Å². The summed E-state index contributed by atoms with van der Waals surface area (Å²) in [5.74, 6) is 0.0615. The van der Waals surface area contributed by atoms with E-state index in [0.717, 1.165) is 5.69 Å². The summed E-state index contributed by atoms with van der Waals surface area (Å²) in [6.07, 6.45) is 0. The van der Waals surface area contributed by atoms with Gasteiger partial charge in [-0.2, -0.15) is 15.0 Å². The number of hydrogen-bond acceptors (Lipinski definition) is 7. The van der Waals surface area contributed by atoms with Crippen molar-refractivity contribution in [2.45, 2.75) is 24.3 Å². The maximum absolute atomic E-state index is 12.6. The van der Waals surface area contributed by atoms with E-state index in [0.29, 0.717) is 11.7 Å². The van der Waals surface area contributed by atoms with Gasteiger partial charge in [-0.15, -0.1) is 0 Å². The Morgan fingerprint density at radius 1 is 1.18 bits per heavy atom. The highest BCUT2D eigenvalue weighted by Crippen LogP contribution is 2.24. The van der Waals surface area contributed by atoms with E-state index in [1.807, 2.05) is 37.3 Å². The number of rotatable bonds is 5. The predicted molar refractivity (Wildman–Crippen MR) is 88.4 cm³/mol. The van der Waals surface area contributed by atoms with Gasteiger partial charge in [-0.25, -0.2) is 0 Å². The zero-order chi connectivity index (χ0) is 16.1. The maximum atomic E-state index is 12.6. The van der Waals surface area contributed by atoms with Gasteiger partial charge in [-0.1, -0.05) is 30.0 Å². The summed E-state index contributed by atoms with van der Waals surface area (Å²) in [7, 11) is 0. The van der Waals surface area contributed by atoms with E-state index in [-0.39, 0.29) is 23.1 Å². The van der Waals surface area contributed by atoms with Crippen molar-refractivity contribution in [1.29, 1.82) is 0 Å². The van der Waals surface area contributed by atoms with E-state index in [1.165, 1.54) is 11.8 Å². The molecule has 1 heterocycles. The molecular formula is C14H18N6OS. The second-order valence-corrected chi connectivity index (χ2v) is 5.82. The first-order valence-electron chi connectivity index (χ1n) is 6.81. The van der Waals surface area contributed by atoms with Gasteiger partial charge in [0.25, 0.3) is 0 Å². The predicted octanol–water partition coefficient (Wildman–Crippen LogP) is 1.57. The van der Waals surface area contributed by atoms with Crippen LogP contribution in [0.3, 0.4) is 0 Å². The van der Waals surface area contributed by atoms with Gasteiger partial charge < -0.3 is 16.4 Å². The van der Waals surface area contributed by atoms with Crippen LogP contribution in [0.15, 0.2) is 35.5 Å². The fraction of sp³-hybridized carbons (Fsp3) is 0.286. The molecule has 2 aromatic rings. The smallest absolute Gasteiger partial charge is 0.240 e. The van der Waals surface area contributed by atoms with Crippen LogP contribution in [-0.4, -0.2) is 32.7 Å². The fourth-order valence-electron chi connectivity index (χ4n) is 1.94. The first-order valence-corrected chi connectivity index (χ1v) is 7.69. The molecule has 0 aliphatic heterocycles. The quantitative estimate of drug-likeness (QED) is 0.805. The largest absolute Gasteiger partial charge is 0.368 e. The van der Waals surface area contributed by atoms with Crippen molar-refractivity contribution in [3.63, 3.8) is 0 Å². The molecule has 22 heavy (non-hydrogen) atoms. The van der Waals surface area contributed by atoms with Crippen molar-refractivity contribution < 1.29 is 4.79 Å². The monoisotopic (exact) mass is 318 g/mol. The van der Waals surface area contributed by atoms with Crippen LogP contribution in [0.1, 0.15) is 13.8 Å². The summed E-state index contributed by atoms with van der Waals surface area (Å²) in [5.41, 5.74) is 11.9. The van der Waals surface area contributed by atoms with E-state index in [4.69, 9.17) is 11.5 Å². The number of anilines is 3. The van der Waals surface area contributed by atoms with Gasteiger partial charge in [0, 0.05) is 12.2 Å². The normalized spacial score (nSPS) is 11.9. The Balaban J connectivity index is 2.14. The average molecular weight is 318 g/mol. The van der Waals surface area contributed by atoms with Crippen molar-refractivity contribution in [2.75, 3.05) is 22.9 Å². The maximum Gasteiger partial charge on any atom is 0.240 e. The highest BCUT2D eigenvalue weighted by atomic mass is 32.2. The molecule has 0 bridgehead atoms. The molecule has 0 aliphatic carbocycles. The number of para-hydroxylation sites is 1. The van der Waals surface area contributed by atoms with Gasteiger partial charge in [0.15, 0.2) is 5.16 Å². The third-order valence-corrected chi connectivity index (χ3v) is 3.88. The lowest BCUT2D eigenvalue weighted by atomic mass is 10.2. The fourth-order valence-corrected chi connectivity index (χ4v) is 2.78. The molecule has 1 amide bonds. The van der Waals surface area contributed by atoms with Crippen LogP contribution in [0.5, 0.6) is 0 Å². The first kappa shape index (κ1) is 16.0. The SMILES string of the molecule is CCN(C(=O)[C@@H](C)Sc1nc(N)nc(N)n1)c1ccccc1. The van der Waals surface area contributed by atoms with Gasteiger partial charge in [-0.05, 0) is 26.0 Å². The molecule has 1 atom stereocenters. The van der Waals surface area contributed by atoms with Gasteiger partial charge in [0.05, 0.1) is 5.25 Å². The van der Waals surface area contributed by atoms with Crippen molar-refractivity contribution in [2.24, 2.45) is 0 Å². The van der Waals surface area contributed by atoms with Crippen LogP contribution >= 0.6 is 11.8 Å². The van der Waals surface area contributed by atoms with E-state index in [1.54, 1.807) is 11.8 Å². The van der Waals surface area contributed by atoms with Crippen LogP contribution in [-0.2, 0) is 4.79 Å². The summed E-state index contributed by atoms with van der Waals surface area (Å²) in [6, 6.07) is 9.51. The Morgan fingerprint density at radius 3 is 2.32 bits per heavy atom. The molecular weight excluding hydrogens is 300 g/mol. The summed E-state index contributed by atoms with van der Waals surface area (Å²) in [5, 5.41) is -0.0312. The lowest BCUT2D eigenvalue weighted by molar-refractivity contribution is -0.117. The Kier molecular flexibility index (Phi) is 5.16. The molecule has 0 spiro atoms. The molecule has 0 aliphatic rings. The van der Waals surface area contributed by atoms with Crippen LogP contribution in [0.25, 0.3) is 0 Å². The molecule has 4 N–H and O–H groups in total. The van der Waals surface area contributed by atoms with Crippen molar-refractivity contribution >= 4 is 35.3 Å². The number of aromatic nitrogens is 3. The van der Waals surface area contributed by atoms with E-state index >= 15 is 0 Å². The molecule has 0 unspecified atom stereocenters. The van der Waals surface area contributed by atoms with Crippen LogP contribution in [0.4, 0.5) is 17.6 Å². The molecule has 8 heteroatoms. The third kappa shape index (κ3) is 3.85. The molecule has 1 aromatic heterocycles. The van der Waals surface area contributed by atoms with Crippen LogP contribution in [0.2, 0.25) is 0 Å². The minimum Gasteiger partial charge on any atom is -0.368 e. The van der Waals surface area contributed by atoms with Gasteiger partial charge in [-0.3, -0.25) is 4.79 Å². The molecule has 7 nitrogen and oxygen atoms in total. The van der Waals surface area contributed by atoms with Crippen molar-refractivity contribution in [3.05, 3.63) is 30.3 Å². The first-order chi connectivity index (χ1) is 10.5. The summed E-state index contributed by atoms with van der Waals surface area (Å²) in [4.78, 5) is 26.0. The molecule has 2 rings (SSSR count). The van der Waals surface area contributed by atoms with E-state index in [9.17, 15) is 4.79 Å². The minimum absolute atomic E-state index is 0.0312. The summed E-state index contributed by atoms with van der Waals surface area (Å²) >= 11 is 1.20. The number of benzene rings is 1. The van der Waals surface area contributed by atoms with Crippen LogP contribution in [0, 0.1) is 0 Å². The second-order valence-electron chi connectivity index (χ2n) is 4.51. The van der Waals surface area contributed by atoms with E-state index in [2.05, 4.69) is 15.0 Å². The summed E-state index contributed by atoms with van der Waals surface area (Å²) in [6.45, 7) is 4.31. The highest BCUT2D eigenvalue weighted by molar-refractivity contribution is 8.00. The number of carbonyl (C=O) groups is 1. The number of nitrogens with two attached hydrogens (primary N) is 2. The standard InChI is InChI=1S/C14H18N6OS/c1-3-20(10-7-5-4-6-8-10)11(21)9(2)22-14-18-12(15)17-13(16)19-14/h4-9H,3H2,1-2H3,(H4,15,16,17,18,19)/t9-/m1/s1. The molecule has 1 aromatic carbocycles. The lowest BCUT2D eigenvalue weighted by Crippen LogP contribution is -2.36. The number of nitrogens with zero attached hydrogens (tertiary/aromatic N) is 4. The number of carbonyl (C=O) groups excluding carboxylic acids is 1. The minimum atomic E-state index is -0.374. The van der Waals surface area contributed by atoms with Gasteiger partial charge >= 0.3 is 0 Å². The van der Waals surface area contributed by atoms with Crippen LogP contribution < -0.4 is 16.4 Å². The Hall–Kier alpha value is -2.35. The number of nitrogen functional groups attached to an aromatic ring is 2. The zero-order valence-electron chi connectivity index (χ0n) is 12.4. The number of thioether (sulfide) groups is 1. The molecule has 0 saturated heterocycles. The molecule has 116 valence electrons.